The first-order valence-electron chi connectivity index (χ1n) is 4.00. The average Bonchev–Trinajstić information content (AvgIpc) is 2.13. The molecule has 5 heteroatoms. The summed E-state index contributed by atoms with van der Waals surface area (Å²) in [5.41, 5.74) is 5.19. The molecule has 0 aliphatic rings. The number of esters is 1. The molecule has 14 heavy (non-hydrogen) atoms. The first-order valence-corrected chi connectivity index (χ1v) is 4.75. The molecule has 1 aromatic carbocycles. The van der Waals surface area contributed by atoms with Crippen molar-refractivity contribution >= 4 is 29.2 Å². The fraction of sp³-hybridized carbons (Fsp3) is 0.222. The molecule has 0 radical (unpaired) electrons. The maximum atomic E-state index is 11.1. The van der Waals surface area contributed by atoms with Crippen LogP contribution in [0.2, 0.25) is 10.0 Å². The Labute approximate surface area is 91.7 Å². The molecule has 0 saturated carbocycles. The van der Waals surface area contributed by atoms with Gasteiger partial charge in [0.1, 0.15) is 5.02 Å². The van der Waals surface area contributed by atoms with Gasteiger partial charge in [0, 0.05) is 6.54 Å². The highest BCUT2D eigenvalue weighted by atomic mass is 35.5. The van der Waals surface area contributed by atoms with Crippen molar-refractivity contribution in [2.45, 2.75) is 6.42 Å². The average molecular weight is 234 g/mol. The summed E-state index contributed by atoms with van der Waals surface area (Å²) in [5, 5.41) is 0.587. The lowest BCUT2D eigenvalue weighted by molar-refractivity contribution is -0.134. The molecule has 0 aliphatic carbocycles. The molecule has 0 heterocycles. The van der Waals surface area contributed by atoms with E-state index in [9.17, 15) is 4.79 Å². The van der Waals surface area contributed by atoms with E-state index in [1.54, 1.807) is 18.2 Å². The van der Waals surface area contributed by atoms with Crippen LogP contribution in [-0.4, -0.2) is 12.5 Å². The molecule has 0 atom stereocenters. The Morgan fingerprint density at radius 3 is 2.79 bits per heavy atom. The Morgan fingerprint density at radius 1 is 1.43 bits per heavy atom. The Hall–Kier alpha value is -0.770. The van der Waals surface area contributed by atoms with E-state index < -0.39 is 5.97 Å². The number of carbonyl (C=O) groups is 1. The number of halogens is 2. The highest BCUT2D eigenvalue weighted by molar-refractivity contribution is 6.43. The summed E-state index contributed by atoms with van der Waals surface area (Å²) < 4.78 is 4.93. The molecule has 3 nitrogen and oxygen atoms in total. The van der Waals surface area contributed by atoms with Crippen molar-refractivity contribution in [2.75, 3.05) is 6.54 Å². The van der Waals surface area contributed by atoms with Gasteiger partial charge in [-0.3, -0.25) is 4.79 Å². The summed E-state index contributed by atoms with van der Waals surface area (Å²) >= 11 is 11.5. The van der Waals surface area contributed by atoms with Crippen LogP contribution in [0.4, 0.5) is 0 Å². The normalized spacial score (nSPS) is 9.93. The van der Waals surface area contributed by atoms with E-state index in [1.807, 2.05) is 0 Å². The summed E-state index contributed by atoms with van der Waals surface area (Å²) in [7, 11) is 0. The zero-order valence-corrected chi connectivity index (χ0v) is 8.81. The lowest BCUT2D eigenvalue weighted by atomic mass is 10.3. The van der Waals surface area contributed by atoms with Gasteiger partial charge in [-0.15, -0.1) is 0 Å². The van der Waals surface area contributed by atoms with Gasteiger partial charge in [-0.05, 0) is 12.1 Å². The first-order chi connectivity index (χ1) is 6.65. The second-order valence-electron chi connectivity index (χ2n) is 2.56. The summed E-state index contributed by atoms with van der Waals surface area (Å²) in [6.45, 7) is 0.247. The lowest BCUT2D eigenvalue weighted by Gasteiger charge is -2.05. The third kappa shape index (κ3) is 2.87. The van der Waals surface area contributed by atoms with Gasteiger partial charge in [0.15, 0.2) is 5.75 Å². The predicted octanol–water partition coefficient (Wildman–Crippen LogP) is 2.25. The van der Waals surface area contributed by atoms with Crippen LogP contribution in [0.15, 0.2) is 18.2 Å². The van der Waals surface area contributed by atoms with Crippen molar-refractivity contribution in [3.05, 3.63) is 28.2 Å². The Kier molecular flexibility index (Phi) is 4.20. The molecular weight excluding hydrogens is 225 g/mol. The summed E-state index contributed by atoms with van der Waals surface area (Å²) in [5.74, 6) is -0.158. The van der Waals surface area contributed by atoms with Gasteiger partial charge in [0.25, 0.3) is 0 Å². The Morgan fingerprint density at radius 2 is 2.14 bits per heavy atom. The predicted molar refractivity (Wildman–Crippen MR) is 55.8 cm³/mol. The van der Waals surface area contributed by atoms with Gasteiger partial charge < -0.3 is 10.5 Å². The fourth-order valence-corrected chi connectivity index (χ4v) is 1.18. The maximum Gasteiger partial charge on any atom is 0.312 e. The molecule has 2 N–H and O–H groups in total. The standard InChI is InChI=1S/C9H9Cl2NO2/c10-6-2-1-3-7(9(6)11)14-8(13)4-5-12/h1-3H,4-5,12H2. The van der Waals surface area contributed by atoms with Crippen LogP contribution in [0.3, 0.4) is 0 Å². The minimum atomic E-state index is -0.420. The quantitative estimate of drug-likeness (QED) is 0.644. The van der Waals surface area contributed by atoms with Crippen molar-refractivity contribution in [1.82, 2.24) is 0 Å². The topological polar surface area (TPSA) is 52.3 Å². The molecule has 0 aromatic heterocycles. The van der Waals surface area contributed by atoms with Crippen molar-refractivity contribution in [3.8, 4) is 5.75 Å². The van der Waals surface area contributed by atoms with Gasteiger partial charge >= 0.3 is 5.97 Å². The number of nitrogens with two attached hydrogens (primary N) is 1. The van der Waals surface area contributed by atoms with Gasteiger partial charge in [0.2, 0.25) is 0 Å². The van der Waals surface area contributed by atoms with Gasteiger partial charge in [-0.2, -0.15) is 0 Å². The lowest BCUT2D eigenvalue weighted by Crippen LogP contribution is -2.13. The molecule has 1 rings (SSSR count). The minimum absolute atomic E-state index is 0.156. The zero-order valence-electron chi connectivity index (χ0n) is 7.30. The van der Waals surface area contributed by atoms with Crippen LogP contribution in [0.1, 0.15) is 6.42 Å². The van der Waals surface area contributed by atoms with Crippen LogP contribution in [0, 0.1) is 0 Å². The highest BCUT2D eigenvalue weighted by Gasteiger charge is 2.09. The minimum Gasteiger partial charge on any atom is -0.425 e. The monoisotopic (exact) mass is 233 g/mol. The van der Waals surface area contributed by atoms with E-state index in [0.29, 0.717) is 5.02 Å². The fourth-order valence-electron chi connectivity index (χ4n) is 0.854. The van der Waals surface area contributed by atoms with Crippen LogP contribution in [-0.2, 0) is 4.79 Å². The van der Waals surface area contributed by atoms with E-state index in [2.05, 4.69) is 0 Å². The molecule has 0 saturated heterocycles. The van der Waals surface area contributed by atoms with E-state index in [-0.39, 0.29) is 23.7 Å². The maximum absolute atomic E-state index is 11.1. The SMILES string of the molecule is NCCC(=O)Oc1cccc(Cl)c1Cl. The molecule has 76 valence electrons. The van der Waals surface area contributed by atoms with Crippen molar-refractivity contribution in [3.63, 3.8) is 0 Å². The second kappa shape index (κ2) is 5.20. The number of ether oxygens (including phenoxy) is 1. The third-order valence-electron chi connectivity index (χ3n) is 1.49. The Balaban J connectivity index is 2.76. The van der Waals surface area contributed by atoms with Crippen LogP contribution >= 0.6 is 23.2 Å². The van der Waals surface area contributed by atoms with E-state index in [4.69, 9.17) is 33.7 Å². The zero-order chi connectivity index (χ0) is 10.6. The van der Waals surface area contributed by atoms with Gasteiger partial charge in [-0.25, -0.2) is 0 Å². The largest absolute Gasteiger partial charge is 0.425 e. The molecular formula is C9H9Cl2NO2. The summed E-state index contributed by atoms with van der Waals surface area (Å²) in [6, 6.07) is 4.84. The molecule has 0 spiro atoms. The summed E-state index contributed by atoms with van der Waals surface area (Å²) in [6.07, 6.45) is 0.156. The van der Waals surface area contributed by atoms with E-state index in [1.165, 1.54) is 0 Å². The van der Waals surface area contributed by atoms with Gasteiger partial charge in [-0.1, -0.05) is 29.3 Å². The van der Waals surface area contributed by atoms with Crippen molar-refractivity contribution in [2.24, 2.45) is 5.73 Å². The molecule has 0 aliphatic heterocycles. The third-order valence-corrected chi connectivity index (χ3v) is 2.29. The molecule has 0 fully saturated rings. The van der Waals surface area contributed by atoms with E-state index >= 15 is 0 Å². The molecule has 0 unspecified atom stereocenters. The van der Waals surface area contributed by atoms with Crippen LogP contribution in [0.5, 0.6) is 5.75 Å². The number of hydrogen-bond acceptors (Lipinski definition) is 3. The van der Waals surface area contributed by atoms with Crippen molar-refractivity contribution in [1.29, 1.82) is 0 Å². The number of benzene rings is 1. The highest BCUT2D eigenvalue weighted by Crippen LogP contribution is 2.31. The molecule has 1 aromatic rings. The van der Waals surface area contributed by atoms with Gasteiger partial charge in [0.05, 0.1) is 11.4 Å². The number of rotatable bonds is 3. The number of carbonyl (C=O) groups excluding carboxylic acids is 1. The van der Waals surface area contributed by atoms with Crippen molar-refractivity contribution < 1.29 is 9.53 Å². The second-order valence-corrected chi connectivity index (χ2v) is 3.35. The number of hydrogen-bond donors (Lipinski definition) is 1. The first kappa shape index (κ1) is 11.3. The van der Waals surface area contributed by atoms with E-state index in [0.717, 1.165) is 0 Å². The smallest absolute Gasteiger partial charge is 0.312 e. The van der Waals surface area contributed by atoms with Crippen LogP contribution < -0.4 is 10.5 Å². The Bertz CT molecular complexity index is 342. The molecule has 0 bridgehead atoms. The summed E-state index contributed by atoms with van der Waals surface area (Å²) in [4.78, 5) is 11.1. The molecule has 0 amide bonds. The van der Waals surface area contributed by atoms with Crippen LogP contribution in [0.25, 0.3) is 0 Å².